The molecular weight excluding hydrogens is 467 g/mol. The fraction of sp³-hybridized carbons (Fsp3) is 0.321. The van der Waals surface area contributed by atoms with E-state index in [-0.39, 0.29) is 5.82 Å². The second-order valence-corrected chi connectivity index (χ2v) is 10.0. The predicted molar refractivity (Wildman–Crippen MR) is 146 cm³/mol. The molecule has 2 aromatic carbocycles. The van der Waals surface area contributed by atoms with Crippen LogP contribution in [0.25, 0.3) is 44.7 Å². The second kappa shape index (κ2) is 9.91. The molecule has 5 aromatic rings. The van der Waals surface area contributed by atoms with E-state index in [1.165, 1.54) is 11.6 Å². The third kappa shape index (κ3) is 4.80. The van der Waals surface area contributed by atoms with Gasteiger partial charge in [0.2, 0.25) is 0 Å². The highest BCUT2D eigenvalue weighted by Gasteiger charge is 2.19. The fourth-order valence-corrected chi connectivity index (χ4v) is 5.16. The Labute approximate surface area is 214 Å². The van der Waals surface area contributed by atoms with E-state index in [1.807, 2.05) is 26.2 Å². The third-order valence-electron chi connectivity index (χ3n) is 7.11. The van der Waals surface area contributed by atoms with Gasteiger partial charge in [-0.05, 0) is 93.5 Å². The lowest BCUT2D eigenvalue weighted by molar-refractivity contribution is 0.425. The van der Waals surface area contributed by atoms with Crippen molar-refractivity contribution >= 4 is 27.8 Å². The molecule has 0 bridgehead atoms. The van der Waals surface area contributed by atoms with Crippen LogP contribution in [0, 0.1) is 5.82 Å². The van der Waals surface area contributed by atoms with Crippen molar-refractivity contribution in [3.05, 3.63) is 60.0 Å². The van der Waals surface area contributed by atoms with Crippen LogP contribution in [-0.4, -0.2) is 70.3 Å². The number of nitrogens with zero attached hydrogens (tertiary/aromatic N) is 4. The van der Waals surface area contributed by atoms with E-state index in [9.17, 15) is 4.39 Å². The molecule has 1 aliphatic rings. The monoisotopic (exact) mass is 498 g/mol. The van der Waals surface area contributed by atoms with E-state index in [4.69, 9.17) is 4.98 Å². The Bertz CT molecular complexity index is 1550. The van der Waals surface area contributed by atoms with Crippen molar-refractivity contribution in [2.75, 3.05) is 45.6 Å². The average molecular weight is 499 g/mol. The summed E-state index contributed by atoms with van der Waals surface area (Å²) in [6.45, 7) is 3.67. The largest absolute Gasteiger partial charge is 0.384 e. The van der Waals surface area contributed by atoms with Gasteiger partial charge in [0.1, 0.15) is 11.5 Å². The van der Waals surface area contributed by atoms with Crippen LogP contribution in [0.2, 0.25) is 0 Å². The fourth-order valence-electron chi connectivity index (χ4n) is 5.16. The lowest BCUT2D eigenvalue weighted by Crippen LogP contribution is -2.26. The van der Waals surface area contributed by atoms with Gasteiger partial charge in [0, 0.05) is 35.9 Å². The number of hydrogen-bond acceptors (Lipinski definition) is 6. The molecule has 3 aromatic heterocycles. The molecule has 4 heterocycles. The summed E-state index contributed by atoms with van der Waals surface area (Å²) >= 11 is 0. The first-order valence-electron chi connectivity index (χ1n) is 12.8. The second-order valence-electron chi connectivity index (χ2n) is 10.0. The van der Waals surface area contributed by atoms with E-state index in [0.717, 1.165) is 77.9 Å². The van der Waals surface area contributed by atoms with Crippen molar-refractivity contribution in [1.82, 2.24) is 35.4 Å². The number of nitrogens with one attached hydrogen (secondary N) is 4. The molecule has 1 aliphatic heterocycles. The molecule has 37 heavy (non-hydrogen) atoms. The third-order valence-corrected chi connectivity index (χ3v) is 7.11. The number of anilines is 1. The number of H-pyrrole nitrogens is 2. The van der Waals surface area contributed by atoms with Crippen molar-refractivity contribution in [2.45, 2.75) is 18.8 Å². The minimum absolute atomic E-state index is 0.293. The van der Waals surface area contributed by atoms with E-state index in [2.05, 4.69) is 53.9 Å². The molecule has 4 N–H and O–H groups in total. The quantitative estimate of drug-likeness (QED) is 0.259. The SMILES string of the molecule is CN(C)CCNc1cc(F)cc(-c2ccnc3nc(-c4n[nH]c5ccc(C6CCNCC6)cc45)[nH]c23)c1. The highest BCUT2D eigenvalue weighted by Crippen LogP contribution is 2.34. The van der Waals surface area contributed by atoms with Crippen molar-refractivity contribution in [2.24, 2.45) is 0 Å². The number of benzene rings is 2. The summed E-state index contributed by atoms with van der Waals surface area (Å²) in [4.78, 5) is 14.8. The first-order valence-corrected chi connectivity index (χ1v) is 12.8. The van der Waals surface area contributed by atoms with Gasteiger partial charge in [-0.15, -0.1) is 0 Å². The summed E-state index contributed by atoms with van der Waals surface area (Å²) in [5.74, 6) is 0.897. The number of aromatic amines is 2. The maximum absolute atomic E-state index is 14.6. The molecule has 1 saturated heterocycles. The molecule has 0 saturated carbocycles. The molecule has 1 fully saturated rings. The number of aromatic nitrogens is 5. The van der Waals surface area contributed by atoms with Crippen LogP contribution in [0.5, 0.6) is 0 Å². The molecule has 9 heteroatoms. The molecular formula is C28H31FN8. The van der Waals surface area contributed by atoms with Gasteiger partial charge in [0.15, 0.2) is 11.5 Å². The molecule has 8 nitrogen and oxygen atoms in total. The normalized spacial score (nSPS) is 14.7. The lowest BCUT2D eigenvalue weighted by atomic mass is 9.89. The van der Waals surface area contributed by atoms with Crippen molar-refractivity contribution < 1.29 is 4.39 Å². The van der Waals surface area contributed by atoms with Crippen LogP contribution in [0.15, 0.2) is 48.7 Å². The lowest BCUT2D eigenvalue weighted by Gasteiger charge is -2.23. The van der Waals surface area contributed by atoms with Crippen LogP contribution < -0.4 is 10.6 Å². The maximum atomic E-state index is 14.6. The van der Waals surface area contributed by atoms with E-state index in [1.54, 1.807) is 12.3 Å². The van der Waals surface area contributed by atoms with E-state index >= 15 is 0 Å². The van der Waals surface area contributed by atoms with Gasteiger partial charge < -0.3 is 20.5 Å². The van der Waals surface area contributed by atoms with Crippen molar-refractivity contribution in [3.63, 3.8) is 0 Å². The molecule has 0 spiro atoms. The van der Waals surface area contributed by atoms with Crippen LogP contribution in [-0.2, 0) is 0 Å². The van der Waals surface area contributed by atoms with Crippen LogP contribution >= 0.6 is 0 Å². The Morgan fingerprint density at radius 1 is 1.08 bits per heavy atom. The van der Waals surface area contributed by atoms with Gasteiger partial charge in [0.25, 0.3) is 0 Å². The van der Waals surface area contributed by atoms with Gasteiger partial charge in [-0.1, -0.05) is 6.07 Å². The molecule has 0 aliphatic carbocycles. The van der Waals surface area contributed by atoms with Gasteiger partial charge in [-0.25, -0.2) is 14.4 Å². The minimum atomic E-state index is -0.293. The van der Waals surface area contributed by atoms with E-state index in [0.29, 0.717) is 17.4 Å². The number of piperidine rings is 1. The van der Waals surface area contributed by atoms with Gasteiger partial charge in [-0.3, -0.25) is 5.10 Å². The number of halogens is 1. The average Bonchev–Trinajstić information content (AvgIpc) is 3.52. The molecule has 0 radical (unpaired) electrons. The predicted octanol–water partition coefficient (Wildman–Crippen LogP) is 4.75. The number of imidazole rings is 1. The molecule has 0 atom stereocenters. The standard InChI is InChI=1S/C28H31FN8/c1-37(2)12-11-31-21-14-19(13-20(29)16-21)22-7-10-32-27-25(22)33-28(34-27)26-23-15-18(3-4-24(23)35-36-26)17-5-8-30-9-6-17/h3-4,7,10,13-17,30-31H,5-6,8-9,11-12H2,1-2H3,(H,35,36)(H,32,33,34). The summed E-state index contributed by atoms with van der Waals surface area (Å²) in [7, 11) is 4.03. The number of rotatable bonds is 7. The van der Waals surface area contributed by atoms with Crippen molar-refractivity contribution in [3.8, 4) is 22.6 Å². The van der Waals surface area contributed by atoms with Gasteiger partial charge in [-0.2, -0.15) is 5.10 Å². The number of pyridine rings is 1. The van der Waals surface area contributed by atoms with Crippen LogP contribution in [0.3, 0.4) is 0 Å². The first-order chi connectivity index (χ1) is 18.0. The Kier molecular flexibility index (Phi) is 6.31. The highest BCUT2D eigenvalue weighted by molar-refractivity contribution is 5.96. The van der Waals surface area contributed by atoms with Gasteiger partial charge in [0.05, 0.1) is 11.0 Å². The summed E-state index contributed by atoms with van der Waals surface area (Å²) < 4.78 is 14.6. The molecule has 190 valence electrons. The highest BCUT2D eigenvalue weighted by atomic mass is 19.1. The summed E-state index contributed by atoms with van der Waals surface area (Å²) in [6, 6.07) is 13.5. The van der Waals surface area contributed by atoms with Crippen LogP contribution in [0.4, 0.5) is 10.1 Å². The summed E-state index contributed by atoms with van der Waals surface area (Å²) in [5.41, 5.74) is 6.74. The zero-order valence-corrected chi connectivity index (χ0v) is 21.1. The van der Waals surface area contributed by atoms with Crippen LogP contribution in [0.1, 0.15) is 24.3 Å². The Balaban J connectivity index is 1.37. The Hall–Kier alpha value is -3.82. The summed E-state index contributed by atoms with van der Waals surface area (Å²) in [6.07, 6.45) is 3.98. The number of likely N-dealkylation sites (N-methyl/N-ethyl adjacent to an activating group) is 1. The zero-order chi connectivity index (χ0) is 25.4. The smallest absolute Gasteiger partial charge is 0.178 e. The maximum Gasteiger partial charge on any atom is 0.178 e. The topological polar surface area (TPSA) is 97.5 Å². The van der Waals surface area contributed by atoms with Gasteiger partial charge >= 0.3 is 0 Å². The van der Waals surface area contributed by atoms with E-state index < -0.39 is 0 Å². The summed E-state index contributed by atoms with van der Waals surface area (Å²) in [5, 5.41) is 15.5. The van der Waals surface area contributed by atoms with Crippen molar-refractivity contribution in [1.29, 1.82) is 0 Å². The Morgan fingerprint density at radius 2 is 1.95 bits per heavy atom. The Morgan fingerprint density at radius 3 is 2.78 bits per heavy atom. The minimum Gasteiger partial charge on any atom is -0.384 e. The number of fused-ring (bicyclic) bond motifs is 2. The molecule has 0 unspecified atom stereocenters. The zero-order valence-electron chi connectivity index (χ0n) is 21.1. The molecule has 0 amide bonds. The number of hydrogen-bond donors (Lipinski definition) is 4. The molecule has 6 rings (SSSR count). The first kappa shape index (κ1) is 23.6.